The van der Waals surface area contributed by atoms with E-state index in [4.69, 9.17) is 0 Å². The molecule has 3 unspecified atom stereocenters. The van der Waals surface area contributed by atoms with Gasteiger partial charge in [0.2, 0.25) is 0 Å². The summed E-state index contributed by atoms with van der Waals surface area (Å²) in [5.74, 6) is 1.40. The number of carbonyl (C=O) groups is 1. The lowest BCUT2D eigenvalue weighted by atomic mass is 9.85. The first-order valence-corrected chi connectivity index (χ1v) is 8.39. The molecule has 3 atom stereocenters. The Kier molecular flexibility index (Phi) is 5.58. The van der Waals surface area contributed by atoms with E-state index >= 15 is 0 Å². The molecule has 1 aromatic rings. The third-order valence-corrected chi connectivity index (χ3v) is 4.83. The standard InChI is InChI=1S/C19H29NO/c1-13(2)16-9-11-17(12-10-16)19(21)15(4)20-18-8-6-5-7-14(18)3/h9-15,18,20H,5-8H2,1-4H3. The molecule has 2 nitrogen and oxygen atoms in total. The highest BCUT2D eigenvalue weighted by Crippen LogP contribution is 2.24. The Morgan fingerprint density at radius 1 is 1.10 bits per heavy atom. The molecule has 1 fully saturated rings. The fraction of sp³-hybridized carbons (Fsp3) is 0.632. The molecular weight excluding hydrogens is 258 g/mol. The first-order valence-electron chi connectivity index (χ1n) is 8.39. The molecule has 0 bridgehead atoms. The summed E-state index contributed by atoms with van der Waals surface area (Å²) in [6, 6.07) is 8.50. The quantitative estimate of drug-likeness (QED) is 0.805. The van der Waals surface area contributed by atoms with Gasteiger partial charge in [-0.15, -0.1) is 0 Å². The zero-order chi connectivity index (χ0) is 15.4. The molecule has 1 aliphatic rings. The van der Waals surface area contributed by atoms with Gasteiger partial charge in [0.05, 0.1) is 6.04 Å². The van der Waals surface area contributed by atoms with Gasteiger partial charge in [0.1, 0.15) is 0 Å². The maximum absolute atomic E-state index is 12.5. The normalized spacial score (nSPS) is 24.0. The van der Waals surface area contributed by atoms with Crippen LogP contribution < -0.4 is 5.32 Å². The molecule has 1 aliphatic carbocycles. The number of hydrogen-bond acceptors (Lipinski definition) is 2. The van der Waals surface area contributed by atoms with Gasteiger partial charge in [0.15, 0.2) is 5.78 Å². The molecule has 1 saturated carbocycles. The van der Waals surface area contributed by atoms with Crippen LogP contribution in [0.15, 0.2) is 24.3 Å². The van der Waals surface area contributed by atoms with Gasteiger partial charge in [-0.1, -0.05) is 57.9 Å². The minimum Gasteiger partial charge on any atom is -0.304 e. The summed E-state index contributed by atoms with van der Waals surface area (Å²) in [4.78, 5) is 12.5. The Bertz CT molecular complexity index is 463. The summed E-state index contributed by atoms with van der Waals surface area (Å²) >= 11 is 0. The van der Waals surface area contributed by atoms with Crippen LogP contribution in [-0.4, -0.2) is 17.9 Å². The predicted octanol–water partition coefficient (Wildman–Crippen LogP) is 4.55. The van der Waals surface area contributed by atoms with Crippen molar-refractivity contribution in [2.75, 3.05) is 0 Å². The highest BCUT2D eigenvalue weighted by molar-refractivity contribution is 5.99. The summed E-state index contributed by atoms with van der Waals surface area (Å²) in [5.41, 5.74) is 2.11. The Morgan fingerprint density at radius 2 is 1.71 bits per heavy atom. The van der Waals surface area contributed by atoms with Crippen LogP contribution in [0.4, 0.5) is 0 Å². The van der Waals surface area contributed by atoms with Crippen LogP contribution in [0.25, 0.3) is 0 Å². The van der Waals surface area contributed by atoms with E-state index in [-0.39, 0.29) is 11.8 Å². The molecule has 0 heterocycles. The van der Waals surface area contributed by atoms with E-state index in [1.165, 1.54) is 31.2 Å². The van der Waals surface area contributed by atoms with Crippen LogP contribution >= 0.6 is 0 Å². The Hall–Kier alpha value is -1.15. The van der Waals surface area contributed by atoms with Gasteiger partial charge in [0.25, 0.3) is 0 Å². The molecule has 1 N–H and O–H groups in total. The number of hydrogen-bond donors (Lipinski definition) is 1. The Balaban J connectivity index is 1.98. The maximum Gasteiger partial charge on any atom is 0.179 e. The number of rotatable bonds is 5. The topological polar surface area (TPSA) is 29.1 Å². The van der Waals surface area contributed by atoms with Crippen molar-refractivity contribution in [3.8, 4) is 0 Å². The molecule has 0 saturated heterocycles. The van der Waals surface area contributed by atoms with Crippen molar-refractivity contribution in [2.45, 2.75) is 71.4 Å². The van der Waals surface area contributed by atoms with Crippen LogP contribution in [0, 0.1) is 5.92 Å². The molecule has 0 radical (unpaired) electrons. The fourth-order valence-corrected chi connectivity index (χ4v) is 3.24. The second kappa shape index (κ2) is 7.22. The van der Waals surface area contributed by atoms with Crippen molar-refractivity contribution >= 4 is 5.78 Å². The van der Waals surface area contributed by atoms with E-state index in [1.54, 1.807) is 0 Å². The minimum atomic E-state index is -0.0968. The number of ketones is 1. The molecule has 21 heavy (non-hydrogen) atoms. The van der Waals surface area contributed by atoms with E-state index in [2.05, 4.69) is 38.2 Å². The van der Waals surface area contributed by atoms with Crippen LogP contribution in [0.2, 0.25) is 0 Å². The van der Waals surface area contributed by atoms with Gasteiger partial charge in [-0.25, -0.2) is 0 Å². The average molecular weight is 287 g/mol. The summed E-state index contributed by atoms with van der Waals surface area (Å²) in [6.07, 6.45) is 5.09. The van der Waals surface area contributed by atoms with Crippen molar-refractivity contribution in [1.82, 2.24) is 5.32 Å². The van der Waals surface area contributed by atoms with E-state index in [0.717, 1.165) is 5.56 Å². The average Bonchev–Trinajstić information content (AvgIpc) is 2.49. The van der Waals surface area contributed by atoms with Gasteiger partial charge < -0.3 is 5.32 Å². The van der Waals surface area contributed by atoms with Crippen LogP contribution in [0.3, 0.4) is 0 Å². The van der Waals surface area contributed by atoms with Crippen molar-refractivity contribution in [1.29, 1.82) is 0 Å². The molecule has 0 aliphatic heterocycles. The molecule has 0 aromatic heterocycles. The van der Waals surface area contributed by atoms with Gasteiger partial charge in [-0.05, 0) is 37.2 Å². The second-order valence-electron chi connectivity index (χ2n) is 6.90. The summed E-state index contributed by atoms with van der Waals surface area (Å²) < 4.78 is 0. The largest absolute Gasteiger partial charge is 0.304 e. The molecule has 116 valence electrons. The van der Waals surface area contributed by atoms with Gasteiger partial charge >= 0.3 is 0 Å². The van der Waals surface area contributed by atoms with Crippen molar-refractivity contribution in [2.24, 2.45) is 5.92 Å². The van der Waals surface area contributed by atoms with Crippen LogP contribution in [0.1, 0.15) is 75.2 Å². The summed E-state index contributed by atoms with van der Waals surface area (Å²) in [7, 11) is 0. The predicted molar refractivity (Wildman–Crippen MR) is 88.9 cm³/mol. The van der Waals surface area contributed by atoms with E-state index < -0.39 is 0 Å². The number of Topliss-reactive ketones (excluding diaryl/α,β-unsaturated/α-hetero) is 1. The SMILES string of the molecule is CC(NC1CCCCC1C)C(=O)c1ccc(C(C)C)cc1. The molecule has 2 heteroatoms. The van der Waals surface area contributed by atoms with Crippen molar-refractivity contribution < 1.29 is 4.79 Å². The highest BCUT2D eigenvalue weighted by Gasteiger charge is 2.25. The first-order chi connectivity index (χ1) is 9.99. The molecule has 0 amide bonds. The lowest BCUT2D eigenvalue weighted by molar-refractivity contribution is 0.0933. The monoisotopic (exact) mass is 287 g/mol. The molecular formula is C19H29NO. The number of nitrogens with one attached hydrogen (secondary N) is 1. The Labute approximate surface area is 129 Å². The second-order valence-corrected chi connectivity index (χ2v) is 6.90. The maximum atomic E-state index is 12.5. The van der Waals surface area contributed by atoms with Crippen LogP contribution in [0.5, 0.6) is 0 Å². The molecule has 0 spiro atoms. The fourth-order valence-electron chi connectivity index (χ4n) is 3.24. The summed E-state index contributed by atoms with van der Waals surface area (Å²) in [6.45, 7) is 8.64. The number of benzene rings is 1. The van der Waals surface area contributed by atoms with Crippen molar-refractivity contribution in [3.05, 3.63) is 35.4 Å². The van der Waals surface area contributed by atoms with Crippen LogP contribution in [-0.2, 0) is 0 Å². The molecule has 1 aromatic carbocycles. The van der Waals surface area contributed by atoms with E-state index in [1.807, 2.05) is 19.1 Å². The highest BCUT2D eigenvalue weighted by atomic mass is 16.1. The lowest BCUT2D eigenvalue weighted by Gasteiger charge is -2.31. The number of carbonyl (C=O) groups excluding carboxylic acids is 1. The third kappa shape index (κ3) is 4.16. The lowest BCUT2D eigenvalue weighted by Crippen LogP contribution is -2.45. The van der Waals surface area contributed by atoms with Crippen molar-refractivity contribution in [3.63, 3.8) is 0 Å². The smallest absolute Gasteiger partial charge is 0.179 e. The third-order valence-electron chi connectivity index (χ3n) is 4.83. The van der Waals surface area contributed by atoms with Gasteiger partial charge in [-0.3, -0.25) is 4.79 Å². The Morgan fingerprint density at radius 3 is 2.29 bits per heavy atom. The van der Waals surface area contributed by atoms with E-state index in [0.29, 0.717) is 17.9 Å². The molecule has 2 rings (SSSR count). The first kappa shape index (κ1) is 16.2. The minimum absolute atomic E-state index is 0.0968. The summed E-state index contributed by atoms with van der Waals surface area (Å²) in [5, 5.41) is 3.55. The zero-order valence-electron chi connectivity index (χ0n) is 13.9. The van der Waals surface area contributed by atoms with Gasteiger partial charge in [-0.2, -0.15) is 0 Å². The van der Waals surface area contributed by atoms with E-state index in [9.17, 15) is 4.79 Å². The van der Waals surface area contributed by atoms with Gasteiger partial charge in [0, 0.05) is 11.6 Å². The zero-order valence-corrected chi connectivity index (χ0v) is 13.9.